The molecule has 0 radical (unpaired) electrons. The number of ether oxygens (including phenoxy) is 2. The van der Waals surface area contributed by atoms with Gasteiger partial charge in [0.15, 0.2) is 6.61 Å². The van der Waals surface area contributed by atoms with Crippen molar-refractivity contribution in [2.75, 3.05) is 46.0 Å². The van der Waals surface area contributed by atoms with E-state index >= 15 is 0 Å². The number of aliphatic hydroxyl groups excluding tert-OH is 1. The Hall–Kier alpha value is -3.69. The molecule has 1 atom stereocenters. The maximum absolute atomic E-state index is 13.1. The summed E-state index contributed by atoms with van der Waals surface area (Å²) in [5.74, 6) is -1.72. The van der Waals surface area contributed by atoms with Gasteiger partial charge < -0.3 is 25.2 Å². The van der Waals surface area contributed by atoms with Gasteiger partial charge in [0.2, 0.25) is 0 Å². The summed E-state index contributed by atoms with van der Waals surface area (Å²) in [5, 5.41) is 11.1. The van der Waals surface area contributed by atoms with Gasteiger partial charge >= 0.3 is 0 Å². The topological polar surface area (TPSA) is 122 Å². The summed E-state index contributed by atoms with van der Waals surface area (Å²) in [5.41, 5.74) is 6.31. The van der Waals surface area contributed by atoms with E-state index in [0.717, 1.165) is 19.6 Å². The highest BCUT2D eigenvalue weighted by Gasteiger charge is 2.45. The normalized spacial score (nSPS) is 20.2. The average molecular weight is 480 g/mol. The highest BCUT2D eigenvalue weighted by molar-refractivity contribution is 6.46. The lowest BCUT2D eigenvalue weighted by Gasteiger charge is -2.29. The Morgan fingerprint density at radius 3 is 2.37 bits per heavy atom. The Morgan fingerprint density at radius 2 is 1.71 bits per heavy atom. The van der Waals surface area contributed by atoms with E-state index < -0.39 is 23.6 Å². The minimum absolute atomic E-state index is 0.0541. The average Bonchev–Trinajstić information content (AvgIpc) is 3.13. The van der Waals surface area contributed by atoms with Crippen LogP contribution in [0.3, 0.4) is 0 Å². The number of Topliss-reactive ketones (excluding diaryl/α,β-unsaturated/α-hetero) is 1. The molecule has 0 spiro atoms. The second-order valence-corrected chi connectivity index (χ2v) is 8.49. The molecule has 0 aliphatic carbocycles. The van der Waals surface area contributed by atoms with Crippen LogP contribution < -0.4 is 10.5 Å². The first kappa shape index (κ1) is 24.4. The highest BCUT2D eigenvalue weighted by atomic mass is 16.5. The van der Waals surface area contributed by atoms with E-state index in [1.54, 1.807) is 48.5 Å². The molecule has 2 aliphatic heterocycles. The maximum atomic E-state index is 13.1. The third kappa shape index (κ3) is 5.70. The summed E-state index contributed by atoms with van der Waals surface area (Å²) in [7, 11) is 0. The third-order valence-electron chi connectivity index (χ3n) is 6.14. The molecule has 2 amide bonds. The lowest BCUT2D eigenvalue weighted by molar-refractivity contribution is -0.140. The van der Waals surface area contributed by atoms with E-state index in [4.69, 9.17) is 15.2 Å². The first-order valence-corrected chi connectivity index (χ1v) is 11.6. The van der Waals surface area contributed by atoms with Gasteiger partial charge in [0.1, 0.15) is 11.5 Å². The van der Waals surface area contributed by atoms with Gasteiger partial charge in [0, 0.05) is 31.7 Å². The molecule has 9 heteroatoms. The number of rotatable bonds is 9. The van der Waals surface area contributed by atoms with Crippen LogP contribution in [0.1, 0.15) is 23.6 Å². The van der Waals surface area contributed by atoms with Crippen molar-refractivity contribution >= 4 is 23.4 Å². The fourth-order valence-electron chi connectivity index (χ4n) is 4.40. The first-order valence-electron chi connectivity index (χ1n) is 11.6. The number of amides is 2. The Bertz CT molecular complexity index is 1090. The van der Waals surface area contributed by atoms with Crippen LogP contribution in [0.5, 0.6) is 5.75 Å². The molecule has 2 saturated heterocycles. The predicted octanol–water partition coefficient (Wildman–Crippen LogP) is 1.69. The van der Waals surface area contributed by atoms with Crippen molar-refractivity contribution in [1.29, 1.82) is 0 Å². The van der Waals surface area contributed by atoms with Crippen LogP contribution >= 0.6 is 0 Å². The number of primary amides is 1. The second kappa shape index (κ2) is 11.2. The molecular weight excluding hydrogens is 450 g/mol. The number of morpholine rings is 1. The molecule has 3 N–H and O–H groups in total. The summed E-state index contributed by atoms with van der Waals surface area (Å²) in [6.45, 7) is 3.92. The number of hydrogen-bond donors (Lipinski definition) is 2. The zero-order chi connectivity index (χ0) is 24.8. The Balaban J connectivity index is 1.63. The number of carbonyl (C=O) groups is 3. The van der Waals surface area contributed by atoms with Crippen molar-refractivity contribution in [3.05, 3.63) is 71.3 Å². The third-order valence-corrected chi connectivity index (χ3v) is 6.14. The summed E-state index contributed by atoms with van der Waals surface area (Å²) < 4.78 is 10.7. The van der Waals surface area contributed by atoms with Crippen molar-refractivity contribution in [1.82, 2.24) is 9.80 Å². The van der Waals surface area contributed by atoms with Crippen molar-refractivity contribution in [2.24, 2.45) is 5.73 Å². The van der Waals surface area contributed by atoms with Crippen LogP contribution in [0.15, 0.2) is 60.2 Å². The van der Waals surface area contributed by atoms with Gasteiger partial charge in [-0.05, 0) is 24.1 Å². The van der Waals surface area contributed by atoms with Crippen LogP contribution in [-0.4, -0.2) is 78.5 Å². The maximum Gasteiger partial charge on any atom is 0.295 e. The molecule has 0 bridgehead atoms. The van der Waals surface area contributed by atoms with Crippen molar-refractivity contribution in [2.45, 2.75) is 12.5 Å². The molecule has 4 rings (SSSR count). The molecule has 1 unspecified atom stereocenters. The van der Waals surface area contributed by atoms with E-state index in [1.807, 2.05) is 6.07 Å². The van der Waals surface area contributed by atoms with Gasteiger partial charge in [0.25, 0.3) is 17.6 Å². The summed E-state index contributed by atoms with van der Waals surface area (Å²) in [6.07, 6.45) is 0.675. The van der Waals surface area contributed by atoms with Crippen molar-refractivity contribution in [3.8, 4) is 5.75 Å². The molecule has 184 valence electrons. The lowest BCUT2D eigenvalue weighted by Crippen LogP contribution is -2.38. The molecular formula is C26H29N3O6. The number of nitrogens with zero attached hydrogens (tertiary/aromatic N) is 2. The molecule has 0 saturated carbocycles. The van der Waals surface area contributed by atoms with Crippen molar-refractivity contribution < 1.29 is 29.0 Å². The summed E-state index contributed by atoms with van der Waals surface area (Å²) in [6, 6.07) is 14.7. The Morgan fingerprint density at radius 1 is 1.03 bits per heavy atom. The van der Waals surface area contributed by atoms with Crippen molar-refractivity contribution in [3.63, 3.8) is 0 Å². The molecule has 2 aromatic rings. The quantitative estimate of drug-likeness (QED) is 0.319. The number of ketones is 1. The fourth-order valence-corrected chi connectivity index (χ4v) is 4.40. The minimum Gasteiger partial charge on any atom is -0.507 e. The van der Waals surface area contributed by atoms with Crippen LogP contribution in [0, 0.1) is 0 Å². The van der Waals surface area contributed by atoms with E-state index in [-0.39, 0.29) is 17.9 Å². The van der Waals surface area contributed by atoms with E-state index in [2.05, 4.69) is 4.90 Å². The fraction of sp³-hybridized carbons (Fsp3) is 0.346. The largest absolute Gasteiger partial charge is 0.507 e. The molecule has 2 aromatic carbocycles. The van der Waals surface area contributed by atoms with Gasteiger partial charge in [-0.15, -0.1) is 0 Å². The molecule has 35 heavy (non-hydrogen) atoms. The molecule has 0 aromatic heterocycles. The van der Waals surface area contributed by atoms with E-state index in [9.17, 15) is 19.5 Å². The second-order valence-electron chi connectivity index (χ2n) is 8.49. The first-order chi connectivity index (χ1) is 17.0. The molecule has 2 heterocycles. The van der Waals surface area contributed by atoms with Crippen LogP contribution in [0.2, 0.25) is 0 Å². The van der Waals surface area contributed by atoms with Gasteiger partial charge in [-0.2, -0.15) is 0 Å². The SMILES string of the molecule is NC(=O)COc1ccc(C2C(=C(O)c3ccccc3)C(=O)C(=O)N2CCCN2CCOCC2)cc1. The van der Waals surface area contributed by atoms with Crippen LogP contribution in [0.4, 0.5) is 0 Å². The van der Waals surface area contributed by atoms with E-state index in [0.29, 0.717) is 43.1 Å². The van der Waals surface area contributed by atoms with Crippen LogP contribution in [-0.2, 0) is 19.1 Å². The monoisotopic (exact) mass is 479 g/mol. The lowest BCUT2D eigenvalue weighted by atomic mass is 9.95. The minimum atomic E-state index is -0.745. The summed E-state index contributed by atoms with van der Waals surface area (Å²) >= 11 is 0. The van der Waals surface area contributed by atoms with Gasteiger partial charge in [-0.3, -0.25) is 19.3 Å². The summed E-state index contributed by atoms with van der Waals surface area (Å²) in [4.78, 5) is 41.0. The zero-order valence-corrected chi connectivity index (χ0v) is 19.4. The smallest absolute Gasteiger partial charge is 0.295 e. The van der Waals surface area contributed by atoms with E-state index in [1.165, 1.54) is 4.90 Å². The molecule has 2 fully saturated rings. The number of benzene rings is 2. The number of carbonyl (C=O) groups excluding carboxylic acids is 3. The van der Waals surface area contributed by atoms with Gasteiger partial charge in [-0.25, -0.2) is 0 Å². The molecule has 2 aliphatic rings. The molecule has 9 nitrogen and oxygen atoms in total. The Kier molecular flexibility index (Phi) is 7.79. The van der Waals surface area contributed by atoms with Crippen LogP contribution in [0.25, 0.3) is 5.76 Å². The number of nitrogens with two attached hydrogens (primary N) is 1. The number of likely N-dealkylation sites (tertiary alicyclic amines) is 1. The number of aliphatic hydroxyl groups is 1. The van der Waals surface area contributed by atoms with Gasteiger partial charge in [-0.1, -0.05) is 42.5 Å². The predicted molar refractivity (Wildman–Crippen MR) is 128 cm³/mol. The van der Waals surface area contributed by atoms with Gasteiger partial charge in [0.05, 0.1) is 24.8 Å². The highest BCUT2D eigenvalue weighted by Crippen LogP contribution is 2.39. The standard InChI is InChI=1S/C26H29N3O6/c27-21(30)17-35-20-9-7-18(8-10-20)23-22(24(31)19-5-2-1-3-6-19)25(32)26(33)29(23)12-4-11-28-13-15-34-16-14-28/h1-3,5-10,23,31H,4,11-17H2,(H2,27,30). The number of hydrogen-bond acceptors (Lipinski definition) is 7. The zero-order valence-electron chi connectivity index (χ0n) is 19.4. The Labute approximate surface area is 203 Å².